The van der Waals surface area contributed by atoms with Crippen molar-refractivity contribution < 1.29 is 0 Å². The number of nitrogens with zero attached hydrogens (tertiary/aromatic N) is 2. The van der Waals surface area contributed by atoms with Gasteiger partial charge >= 0.3 is 0 Å². The highest BCUT2D eigenvalue weighted by Crippen LogP contribution is 2.31. The van der Waals surface area contributed by atoms with Gasteiger partial charge in [0.1, 0.15) is 0 Å². The Morgan fingerprint density at radius 3 is 2.82 bits per heavy atom. The first kappa shape index (κ1) is 12.9. The number of hydrogen-bond donors (Lipinski definition) is 1. The normalized spacial score (nSPS) is 24.5. The number of rotatable bonds is 4. The number of nitrogens with one attached hydrogen (secondary N) is 1. The molecule has 1 fully saturated rings. The maximum atomic E-state index is 6.34. The maximum Gasteiger partial charge on any atom is 0.0847 e. The fraction of sp³-hybridized carbons (Fsp3) is 0.769. The van der Waals surface area contributed by atoms with Gasteiger partial charge < -0.3 is 5.32 Å². The third-order valence-corrected chi connectivity index (χ3v) is 4.38. The molecule has 17 heavy (non-hydrogen) atoms. The van der Waals surface area contributed by atoms with Crippen LogP contribution in [-0.4, -0.2) is 22.9 Å². The van der Waals surface area contributed by atoms with Crippen molar-refractivity contribution in [2.24, 2.45) is 5.92 Å². The highest BCUT2D eigenvalue weighted by Gasteiger charge is 2.26. The van der Waals surface area contributed by atoms with Gasteiger partial charge in [0.2, 0.25) is 0 Å². The summed E-state index contributed by atoms with van der Waals surface area (Å²) in [7, 11) is 2.06. The molecule has 1 aliphatic rings. The van der Waals surface area contributed by atoms with Crippen LogP contribution in [-0.2, 0) is 13.0 Å². The molecule has 0 radical (unpaired) electrons. The quantitative estimate of drug-likeness (QED) is 0.897. The Labute approximate surface area is 109 Å². The zero-order chi connectivity index (χ0) is 12.4. The van der Waals surface area contributed by atoms with Gasteiger partial charge in [-0.3, -0.25) is 4.68 Å². The van der Waals surface area contributed by atoms with Gasteiger partial charge in [-0.05, 0) is 52.5 Å². The lowest BCUT2D eigenvalue weighted by atomic mass is 10.0. The fourth-order valence-electron chi connectivity index (χ4n) is 2.86. The van der Waals surface area contributed by atoms with E-state index in [1.165, 1.54) is 25.0 Å². The topological polar surface area (TPSA) is 29.9 Å². The third-order valence-electron chi connectivity index (χ3n) is 3.88. The van der Waals surface area contributed by atoms with Crippen molar-refractivity contribution in [3.63, 3.8) is 0 Å². The molecule has 2 rings (SSSR count). The molecular formula is C13H22ClN3. The van der Waals surface area contributed by atoms with E-state index in [-0.39, 0.29) is 0 Å². The summed E-state index contributed by atoms with van der Waals surface area (Å²) >= 11 is 6.34. The van der Waals surface area contributed by atoms with Crippen molar-refractivity contribution in [1.82, 2.24) is 15.1 Å². The Bertz CT molecular complexity index is 386. The lowest BCUT2D eigenvalue weighted by molar-refractivity contribution is 0.486. The van der Waals surface area contributed by atoms with Crippen molar-refractivity contribution in [3.05, 3.63) is 16.4 Å². The maximum absolute atomic E-state index is 6.34. The van der Waals surface area contributed by atoms with E-state index in [0.717, 1.165) is 29.6 Å². The minimum atomic E-state index is 0.692. The standard InChI is InChI=1S/C13H22ClN3/c1-4-17-12(13(14)9(2)16-17)8-10-5-6-11(7-10)15-3/h10-11,15H,4-8H2,1-3H3. The molecule has 96 valence electrons. The summed E-state index contributed by atoms with van der Waals surface area (Å²) in [4.78, 5) is 0. The Morgan fingerprint density at radius 2 is 2.24 bits per heavy atom. The van der Waals surface area contributed by atoms with Crippen LogP contribution < -0.4 is 5.32 Å². The molecule has 2 atom stereocenters. The number of halogens is 1. The number of aromatic nitrogens is 2. The summed E-state index contributed by atoms with van der Waals surface area (Å²) in [6, 6.07) is 0.692. The first-order chi connectivity index (χ1) is 8.15. The highest BCUT2D eigenvalue weighted by molar-refractivity contribution is 6.31. The average molecular weight is 256 g/mol. The third kappa shape index (κ3) is 2.66. The van der Waals surface area contributed by atoms with Gasteiger partial charge in [-0.15, -0.1) is 0 Å². The van der Waals surface area contributed by atoms with Gasteiger partial charge in [-0.2, -0.15) is 5.10 Å². The SMILES string of the molecule is CCn1nc(C)c(Cl)c1CC1CCC(NC)C1. The largest absolute Gasteiger partial charge is 0.317 e. The van der Waals surface area contributed by atoms with E-state index < -0.39 is 0 Å². The first-order valence-electron chi connectivity index (χ1n) is 6.54. The molecule has 0 saturated heterocycles. The smallest absolute Gasteiger partial charge is 0.0847 e. The summed E-state index contributed by atoms with van der Waals surface area (Å²) in [6.07, 6.45) is 4.93. The van der Waals surface area contributed by atoms with Gasteiger partial charge in [-0.1, -0.05) is 11.6 Å². The molecule has 1 saturated carbocycles. The van der Waals surface area contributed by atoms with Crippen LogP contribution in [0, 0.1) is 12.8 Å². The van der Waals surface area contributed by atoms with E-state index in [1.54, 1.807) is 0 Å². The van der Waals surface area contributed by atoms with Crippen molar-refractivity contribution >= 4 is 11.6 Å². The van der Waals surface area contributed by atoms with Gasteiger partial charge in [0.25, 0.3) is 0 Å². The second kappa shape index (κ2) is 5.40. The van der Waals surface area contributed by atoms with Crippen molar-refractivity contribution in [1.29, 1.82) is 0 Å². The van der Waals surface area contributed by atoms with Crippen LogP contribution in [0.1, 0.15) is 37.6 Å². The summed E-state index contributed by atoms with van der Waals surface area (Å²) in [5.41, 5.74) is 2.19. The van der Waals surface area contributed by atoms with Crippen LogP contribution in [0.25, 0.3) is 0 Å². The number of aryl methyl sites for hydroxylation is 2. The molecule has 3 nitrogen and oxygen atoms in total. The average Bonchev–Trinajstić information content (AvgIpc) is 2.89. The Kier molecular flexibility index (Phi) is 4.10. The van der Waals surface area contributed by atoms with E-state index in [1.807, 2.05) is 6.92 Å². The Balaban J connectivity index is 2.08. The van der Waals surface area contributed by atoms with Gasteiger partial charge in [-0.25, -0.2) is 0 Å². The van der Waals surface area contributed by atoms with Crippen molar-refractivity contribution in [3.8, 4) is 0 Å². The predicted octanol–water partition coefficient (Wildman–Crippen LogP) is 2.80. The molecule has 0 bridgehead atoms. The summed E-state index contributed by atoms with van der Waals surface area (Å²) < 4.78 is 2.06. The monoisotopic (exact) mass is 255 g/mol. The second-order valence-corrected chi connectivity index (χ2v) is 5.41. The van der Waals surface area contributed by atoms with Crippen LogP contribution in [0.3, 0.4) is 0 Å². The van der Waals surface area contributed by atoms with Crippen LogP contribution in [0.4, 0.5) is 0 Å². The van der Waals surface area contributed by atoms with E-state index in [0.29, 0.717) is 6.04 Å². The molecule has 4 heteroatoms. The van der Waals surface area contributed by atoms with E-state index in [2.05, 4.69) is 29.1 Å². The van der Waals surface area contributed by atoms with E-state index >= 15 is 0 Å². The number of hydrogen-bond acceptors (Lipinski definition) is 2. The molecule has 0 amide bonds. The summed E-state index contributed by atoms with van der Waals surface area (Å²) in [5.74, 6) is 0.756. The lowest BCUT2D eigenvalue weighted by Crippen LogP contribution is -2.21. The molecule has 1 aromatic heterocycles. The molecular weight excluding hydrogens is 234 g/mol. The molecule has 1 aromatic rings. The predicted molar refractivity (Wildman–Crippen MR) is 71.5 cm³/mol. The van der Waals surface area contributed by atoms with Gasteiger partial charge in [0.15, 0.2) is 0 Å². The molecule has 1 aliphatic carbocycles. The Morgan fingerprint density at radius 1 is 1.47 bits per heavy atom. The van der Waals surface area contributed by atoms with Crippen molar-refractivity contribution in [2.75, 3.05) is 7.05 Å². The summed E-state index contributed by atoms with van der Waals surface area (Å²) in [5, 5.41) is 8.73. The van der Waals surface area contributed by atoms with Gasteiger partial charge in [0.05, 0.1) is 16.4 Å². The molecule has 2 unspecified atom stereocenters. The van der Waals surface area contributed by atoms with E-state index in [4.69, 9.17) is 11.6 Å². The van der Waals surface area contributed by atoms with Crippen LogP contribution in [0.2, 0.25) is 5.02 Å². The fourth-order valence-corrected chi connectivity index (χ4v) is 3.07. The summed E-state index contributed by atoms with van der Waals surface area (Å²) in [6.45, 7) is 5.02. The van der Waals surface area contributed by atoms with Gasteiger partial charge in [0, 0.05) is 12.6 Å². The molecule has 0 aliphatic heterocycles. The van der Waals surface area contributed by atoms with E-state index in [9.17, 15) is 0 Å². The molecule has 0 spiro atoms. The van der Waals surface area contributed by atoms with Crippen LogP contribution in [0.15, 0.2) is 0 Å². The van der Waals surface area contributed by atoms with Crippen LogP contribution in [0.5, 0.6) is 0 Å². The minimum Gasteiger partial charge on any atom is -0.317 e. The highest BCUT2D eigenvalue weighted by atomic mass is 35.5. The second-order valence-electron chi connectivity index (χ2n) is 5.03. The zero-order valence-corrected chi connectivity index (χ0v) is 11.7. The van der Waals surface area contributed by atoms with Crippen molar-refractivity contribution in [2.45, 2.75) is 52.1 Å². The van der Waals surface area contributed by atoms with Crippen LogP contribution >= 0.6 is 11.6 Å². The molecule has 1 N–H and O–H groups in total. The molecule has 1 heterocycles. The lowest BCUT2D eigenvalue weighted by Gasteiger charge is -2.12. The minimum absolute atomic E-state index is 0.692. The molecule has 0 aromatic carbocycles. The Hall–Kier alpha value is -0.540. The zero-order valence-electron chi connectivity index (χ0n) is 11.0. The first-order valence-corrected chi connectivity index (χ1v) is 6.92.